The van der Waals surface area contributed by atoms with Gasteiger partial charge in [0.1, 0.15) is 15.9 Å². The van der Waals surface area contributed by atoms with E-state index in [2.05, 4.69) is 36.4 Å². The van der Waals surface area contributed by atoms with Crippen molar-refractivity contribution in [2.24, 2.45) is 0 Å². The molecule has 3 rings (SSSR count). The SMILES string of the molecule is O=C[P+](c1ccccc1)(c1ccccc1)c1ccccc1.[Ni]. The van der Waals surface area contributed by atoms with Crippen LogP contribution in [0.5, 0.6) is 0 Å². The summed E-state index contributed by atoms with van der Waals surface area (Å²) in [5.74, 6) is 0. The van der Waals surface area contributed by atoms with Crippen molar-refractivity contribution >= 4 is 29.2 Å². The Bertz CT molecular complexity index is 618. The molecule has 0 aliphatic heterocycles. The van der Waals surface area contributed by atoms with E-state index in [4.69, 9.17) is 0 Å². The Morgan fingerprint density at radius 1 is 0.545 bits per heavy atom. The summed E-state index contributed by atoms with van der Waals surface area (Å²) in [5, 5.41) is 3.28. The molecule has 0 aliphatic carbocycles. The van der Waals surface area contributed by atoms with E-state index in [0.717, 1.165) is 21.9 Å². The molecule has 0 aliphatic rings. The van der Waals surface area contributed by atoms with Crippen molar-refractivity contribution in [2.45, 2.75) is 0 Å². The summed E-state index contributed by atoms with van der Waals surface area (Å²) in [6, 6.07) is 31.5. The normalized spacial score (nSPS) is 10.5. The van der Waals surface area contributed by atoms with Gasteiger partial charge in [-0.25, -0.2) is 0 Å². The Balaban J connectivity index is 0.00000176. The fourth-order valence-corrected chi connectivity index (χ4v) is 5.81. The Morgan fingerprint density at radius 3 is 1.05 bits per heavy atom. The zero-order valence-corrected chi connectivity index (χ0v) is 13.8. The first-order valence-corrected chi connectivity index (χ1v) is 8.75. The van der Waals surface area contributed by atoms with Crippen LogP contribution in [-0.2, 0) is 21.3 Å². The monoisotopic (exact) mass is 349 g/mol. The maximum Gasteiger partial charge on any atom is 0.271 e. The third-order valence-corrected chi connectivity index (χ3v) is 7.30. The minimum Gasteiger partial charge on any atom is -0.255 e. The van der Waals surface area contributed by atoms with E-state index < -0.39 is 7.26 Å². The zero-order valence-electron chi connectivity index (χ0n) is 11.9. The molecule has 3 heteroatoms. The van der Waals surface area contributed by atoms with Gasteiger partial charge in [0.25, 0.3) is 6.03 Å². The van der Waals surface area contributed by atoms with E-state index in [-0.39, 0.29) is 16.5 Å². The van der Waals surface area contributed by atoms with Crippen LogP contribution in [0.15, 0.2) is 91.0 Å². The molecular weight excluding hydrogens is 334 g/mol. The molecule has 3 aromatic rings. The second-order valence-corrected chi connectivity index (χ2v) is 8.04. The first-order valence-electron chi connectivity index (χ1n) is 6.90. The van der Waals surface area contributed by atoms with Gasteiger partial charge in [-0.2, -0.15) is 0 Å². The zero-order chi connectivity index (χ0) is 14.5. The largest absolute Gasteiger partial charge is 0.271 e. The minimum atomic E-state index is -2.21. The van der Waals surface area contributed by atoms with Gasteiger partial charge < -0.3 is 0 Å². The van der Waals surface area contributed by atoms with E-state index in [0.29, 0.717) is 0 Å². The molecule has 0 heterocycles. The summed E-state index contributed by atoms with van der Waals surface area (Å²) in [5.41, 5.74) is 0. The van der Waals surface area contributed by atoms with Crippen LogP contribution in [0.2, 0.25) is 0 Å². The Labute approximate surface area is 141 Å². The summed E-state index contributed by atoms with van der Waals surface area (Å²) in [4.78, 5) is 12.3. The van der Waals surface area contributed by atoms with E-state index in [9.17, 15) is 4.79 Å². The number of rotatable bonds is 4. The molecule has 112 valence electrons. The molecule has 0 saturated heterocycles. The Hall–Kier alpha value is -1.75. The van der Waals surface area contributed by atoms with Crippen molar-refractivity contribution in [2.75, 3.05) is 0 Å². The molecule has 0 radical (unpaired) electrons. The van der Waals surface area contributed by atoms with Crippen molar-refractivity contribution in [1.29, 1.82) is 0 Å². The summed E-state index contributed by atoms with van der Waals surface area (Å²) >= 11 is 0. The summed E-state index contributed by atoms with van der Waals surface area (Å²) in [7, 11) is -2.21. The summed E-state index contributed by atoms with van der Waals surface area (Å²) < 4.78 is 0. The number of carbonyl (C=O) groups is 1. The van der Waals surface area contributed by atoms with Crippen molar-refractivity contribution in [3.05, 3.63) is 91.0 Å². The average Bonchev–Trinajstić information content (AvgIpc) is 2.59. The standard InChI is InChI=1S/C19H16OP.Ni/c20-16-21(17-10-4-1-5-11-17,18-12-6-2-7-13-18)19-14-8-3-9-15-19;/h1-16H;/q+1;. The van der Waals surface area contributed by atoms with Gasteiger partial charge in [0.2, 0.25) is 0 Å². The Morgan fingerprint density at radius 2 is 0.818 bits per heavy atom. The van der Waals surface area contributed by atoms with Gasteiger partial charge in [-0.1, -0.05) is 54.6 Å². The maximum absolute atomic E-state index is 12.3. The van der Waals surface area contributed by atoms with E-state index in [1.807, 2.05) is 54.6 Å². The molecule has 0 N–H and O–H groups in total. The average molecular weight is 350 g/mol. The molecule has 0 amide bonds. The summed E-state index contributed by atoms with van der Waals surface area (Å²) in [6.45, 7) is 0. The molecule has 0 fully saturated rings. The van der Waals surface area contributed by atoms with Gasteiger partial charge in [-0.05, 0) is 36.4 Å². The molecule has 0 aromatic heterocycles. The van der Waals surface area contributed by atoms with Crippen molar-refractivity contribution in [3.63, 3.8) is 0 Å². The molecule has 1 nitrogen and oxygen atoms in total. The molecule has 0 bridgehead atoms. The molecule has 0 atom stereocenters. The molecule has 22 heavy (non-hydrogen) atoms. The van der Waals surface area contributed by atoms with Crippen LogP contribution >= 0.6 is 7.26 Å². The topological polar surface area (TPSA) is 17.1 Å². The second kappa shape index (κ2) is 7.50. The van der Waals surface area contributed by atoms with Crippen molar-refractivity contribution < 1.29 is 21.3 Å². The number of benzene rings is 3. The van der Waals surface area contributed by atoms with Gasteiger partial charge in [0, 0.05) is 16.5 Å². The van der Waals surface area contributed by atoms with Crippen LogP contribution in [0.3, 0.4) is 0 Å². The minimum absolute atomic E-state index is 0. The predicted molar refractivity (Wildman–Crippen MR) is 91.9 cm³/mol. The van der Waals surface area contributed by atoms with Gasteiger partial charge in [0.05, 0.1) is 0 Å². The van der Waals surface area contributed by atoms with E-state index in [1.54, 1.807) is 0 Å². The first kappa shape index (κ1) is 16.6. The number of hydrogen-bond donors (Lipinski definition) is 0. The van der Waals surface area contributed by atoms with E-state index >= 15 is 0 Å². The van der Waals surface area contributed by atoms with Crippen LogP contribution in [0.25, 0.3) is 0 Å². The van der Waals surface area contributed by atoms with Gasteiger partial charge in [-0.15, -0.1) is 0 Å². The van der Waals surface area contributed by atoms with Crippen LogP contribution < -0.4 is 15.9 Å². The van der Waals surface area contributed by atoms with Crippen LogP contribution in [0.1, 0.15) is 0 Å². The van der Waals surface area contributed by atoms with E-state index in [1.165, 1.54) is 0 Å². The number of carbonyl (C=O) groups excluding carboxylic acids is 1. The number of hydrogen-bond acceptors (Lipinski definition) is 1. The first-order chi connectivity index (χ1) is 10.4. The molecule has 3 aromatic carbocycles. The Kier molecular flexibility index (Phi) is 5.66. The molecule has 0 spiro atoms. The van der Waals surface area contributed by atoms with Crippen molar-refractivity contribution in [3.8, 4) is 0 Å². The second-order valence-electron chi connectivity index (χ2n) is 4.83. The fourth-order valence-electron chi connectivity index (χ4n) is 2.62. The van der Waals surface area contributed by atoms with Crippen LogP contribution in [0.4, 0.5) is 0 Å². The summed E-state index contributed by atoms with van der Waals surface area (Å²) in [6.07, 6.45) is 0. The quantitative estimate of drug-likeness (QED) is 0.401. The molecular formula is C19H16NiOP+. The fraction of sp³-hybridized carbons (Fsp3) is 0. The molecule has 0 unspecified atom stereocenters. The van der Waals surface area contributed by atoms with Crippen LogP contribution in [-0.4, -0.2) is 6.03 Å². The van der Waals surface area contributed by atoms with Crippen LogP contribution in [0, 0.1) is 0 Å². The van der Waals surface area contributed by atoms with Crippen molar-refractivity contribution in [1.82, 2.24) is 0 Å². The third-order valence-electron chi connectivity index (χ3n) is 3.65. The maximum atomic E-state index is 12.3. The van der Waals surface area contributed by atoms with Gasteiger partial charge >= 0.3 is 0 Å². The third kappa shape index (κ3) is 2.90. The predicted octanol–water partition coefficient (Wildman–Crippen LogP) is 3.17. The smallest absolute Gasteiger partial charge is 0.255 e. The van der Waals surface area contributed by atoms with Gasteiger partial charge in [0.15, 0.2) is 7.26 Å². The van der Waals surface area contributed by atoms with Gasteiger partial charge in [-0.3, -0.25) is 4.79 Å². The molecule has 0 saturated carbocycles.